The van der Waals surface area contributed by atoms with E-state index in [1.807, 2.05) is 19.1 Å². The molecule has 4 atom stereocenters. The Hall–Kier alpha value is -2.14. The molecule has 124 valence electrons. The summed E-state index contributed by atoms with van der Waals surface area (Å²) in [5.41, 5.74) is 1.46. The number of nitrogens with one attached hydrogen (secondary N) is 1. The minimum Gasteiger partial charge on any atom is -0.324 e. The Bertz CT molecular complexity index is 758. The number of carbonyl (C=O) groups excluding carboxylic acids is 3. The molecule has 1 aliphatic heterocycles. The zero-order valence-electron chi connectivity index (χ0n) is 13.2. The Morgan fingerprint density at radius 2 is 1.83 bits per heavy atom. The quantitative estimate of drug-likeness (QED) is 0.676. The summed E-state index contributed by atoms with van der Waals surface area (Å²) < 4.78 is 0. The molecule has 2 bridgehead atoms. The number of imide groups is 1. The van der Waals surface area contributed by atoms with Crippen molar-refractivity contribution in [3.05, 3.63) is 40.9 Å². The van der Waals surface area contributed by atoms with Crippen molar-refractivity contribution in [2.45, 2.75) is 13.3 Å². The van der Waals surface area contributed by atoms with Crippen LogP contribution in [0.2, 0.25) is 5.02 Å². The molecular formula is C18H17ClN2O3. The van der Waals surface area contributed by atoms with Gasteiger partial charge in [0, 0.05) is 10.7 Å². The van der Waals surface area contributed by atoms with Crippen molar-refractivity contribution >= 4 is 35.0 Å². The van der Waals surface area contributed by atoms with Crippen molar-refractivity contribution in [3.63, 3.8) is 0 Å². The van der Waals surface area contributed by atoms with Crippen molar-refractivity contribution < 1.29 is 14.4 Å². The number of fused-ring (bicyclic) bond motifs is 5. The number of carbonyl (C=O) groups is 3. The van der Waals surface area contributed by atoms with Gasteiger partial charge in [-0.1, -0.05) is 29.8 Å². The SMILES string of the molecule is Cc1ccc(NC(=O)CN2C(=O)[C@@H]3[C@H](C2=O)[C@H]2C=C[C@H]3C2)cc1Cl. The lowest BCUT2D eigenvalue weighted by molar-refractivity contribution is -0.143. The number of anilines is 1. The van der Waals surface area contributed by atoms with Crippen molar-refractivity contribution in [2.75, 3.05) is 11.9 Å². The van der Waals surface area contributed by atoms with Crippen LogP contribution in [-0.2, 0) is 14.4 Å². The fourth-order valence-corrected chi connectivity index (χ4v) is 4.32. The molecule has 3 aliphatic rings. The van der Waals surface area contributed by atoms with E-state index in [4.69, 9.17) is 11.6 Å². The summed E-state index contributed by atoms with van der Waals surface area (Å²) >= 11 is 6.04. The molecule has 1 saturated carbocycles. The normalized spacial score (nSPS) is 30.2. The Morgan fingerprint density at radius 1 is 1.21 bits per heavy atom. The standard InChI is InChI=1S/C18H17ClN2O3/c1-9-2-5-12(7-13(9)19)20-14(22)8-21-17(23)15-10-3-4-11(6-10)16(15)18(21)24/h2-5,7,10-11,15-16H,6,8H2,1H3,(H,20,22)/t10-,11-,15-,16+/m0/s1. The summed E-state index contributed by atoms with van der Waals surface area (Å²) in [6.45, 7) is 1.63. The van der Waals surface area contributed by atoms with Crippen LogP contribution in [0.4, 0.5) is 5.69 Å². The van der Waals surface area contributed by atoms with Gasteiger partial charge in [-0.3, -0.25) is 19.3 Å². The highest BCUT2D eigenvalue weighted by Crippen LogP contribution is 2.52. The molecule has 4 rings (SSSR count). The van der Waals surface area contributed by atoms with Crippen molar-refractivity contribution in [1.29, 1.82) is 0 Å². The summed E-state index contributed by atoms with van der Waals surface area (Å²) in [7, 11) is 0. The zero-order valence-corrected chi connectivity index (χ0v) is 13.9. The second kappa shape index (κ2) is 5.45. The largest absolute Gasteiger partial charge is 0.324 e. The van der Waals surface area contributed by atoms with E-state index in [9.17, 15) is 14.4 Å². The molecule has 1 aromatic rings. The lowest BCUT2D eigenvalue weighted by atomic mass is 9.85. The van der Waals surface area contributed by atoms with Crippen LogP contribution in [0.15, 0.2) is 30.4 Å². The number of likely N-dealkylation sites (tertiary alicyclic amines) is 1. The summed E-state index contributed by atoms with van der Waals surface area (Å²) in [4.78, 5) is 38.4. The van der Waals surface area contributed by atoms with Crippen molar-refractivity contribution in [2.24, 2.45) is 23.7 Å². The summed E-state index contributed by atoms with van der Waals surface area (Å²) in [6.07, 6.45) is 4.96. The Kier molecular flexibility index (Phi) is 3.49. The average molecular weight is 345 g/mol. The van der Waals surface area contributed by atoms with Crippen LogP contribution >= 0.6 is 11.6 Å². The second-order valence-corrected chi connectivity index (χ2v) is 7.18. The first kappa shape index (κ1) is 15.4. The third-order valence-electron chi connectivity index (χ3n) is 5.32. The first-order valence-corrected chi connectivity index (χ1v) is 8.43. The lowest BCUT2D eigenvalue weighted by Gasteiger charge is -2.17. The number of nitrogens with zero attached hydrogens (tertiary/aromatic N) is 1. The molecule has 2 aliphatic carbocycles. The van der Waals surface area contributed by atoms with Crippen LogP contribution in [0.1, 0.15) is 12.0 Å². The Morgan fingerprint density at radius 3 is 2.42 bits per heavy atom. The highest BCUT2D eigenvalue weighted by molar-refractivity contribution is 6.31. The van der Waals surface area contributed by atoms with Crippen LogP contribution in [0.3, 0.4) is 0 Å². The van der Waals surface area contributed by atoms with Gasteiger partial charge in [-0.05, 0) is 42.9 Å². The molecule has 1 N–H and O–H groups in total. The predicted octanol–water partition coefficient (Wildman–Crippen LogP) is 2.39. The smallest absolute Gasteiger partial charge is 0.244 e. The van der Waals surface area contributed by atoms with Gasteiger partial charge in [-0.2, -0.15) is 0 Å². The van der Waals surface area contributed by atoms with Crippen LogP contribution in [-0.4, -0.2) is 29.2 Å². The van der Waals surface area contributed by atoms with Crippen LogP contribution in [0.5, 0.6) is 0 Å². The Labute approximate surface area is 144 Å². The fourth-order valence-electron chi connectivity index (χ4n) is 4.13. The number of hydrogen-bond acceptors (Lipinski definition) is 3. The molecule has 2 fully saturated rings. The van der Waals surface area contributed by atoms with Crippen LogP contribution in [0.25, 0.3) is 0 Å². The minimum atomic E-state index is -0.392. The Balaban J connectivity index is 1.46. The number of hydrogen-bond donors (Lipinski definition) is 1. The van der Waals surface area contributed by atoms with Crippen molar-refractivity contribution in [1.82, 2.24) is 4.90 Å². The third-order valence-corrected chi connectivity index (χ3v) is 5.73. The third kappa shape index (κ3) is 2.26. The van der Waals surface area contributed by atoms with Gasteiger partial charge in [0.1, 0.15) is 6.54 Å². The summed E-state index contributed by atoms with van der Waals surface area (Å²) in [5, 5.41) is 3.25. The fraction of sp³-hybridized carbons (Fsp3) is 0.389. The molecular weight excluding hydrogens is 328 g/mol. The van der Waals surface area contributed by atoms with Gasteiger partial charge in [-0.15, -0.1) is 0 Å². The maximum atomic E-state index is 12.5. The van der Waals surface area contributed by atoms with E-state index < -0.39 is 5.91 Å². The first-order valence-electron chi connectivity index (χ1n) is 8.05. The average Bonchev–Trinajstić information content (AvgIpc) is 3.21. The molecule has 1 heterocycles. The summed E-state index contributed by atoms with van der Waals surface area (Å²) in [5.74, 6) is -1.04. The van der Waals surface area contributed by atoms with E-state index in [2.05, 4.69) is 5.32 Å². The summed E-state index contributed by atoms with van der Waals surface area (Å²) in [6, 6.07) is 5.20. The van der Waals surface area contributed by atoms with Gasteiger partial charge in [-0.25, -0.2) is 0 Å². The molecule has 1 saturated heterocycles. The number of halogens is 1. The highest BCUT2D eigenvalue weighted by atomic mass is 35.5. The molecule has 1 aromatic carbocycles. The second-order valence-electron chi connectivity index (χ2n) is 6.77. The molecule has 0 spiro atoms. The van der Waals surface area contributed by atoms with Gasteiger partial charge < -0.3 is 5.32 Å². The maximum absolute atomic E-state index is 12.5. The van der Waals surface area contributed by atoms with Crippen LogP contribution in [0, 0.1) is 30.6 Å². The van der Waals surface area contributed by atoms with Gasteiger partial charge in [0.05, 0.1) is 11.8 Å². The van der Waals surface area contributed by atoms with E-state index in [0.29, 0.717) is 10.7 Å². The molecule has 24 heavy (non-hydrogen) atoms. The number of benzene rings is 1. The van der Waals surface area contributed by atoms with E-state index in [1.54, 1.807) is 18.2 Å². The van der Waals surface area contributed by atoms with E-state index in [0.717, 1.165) is 16.9 Å². The zero-order chi connectivity index (χ0) is 17.0. The van der Waals surface area contributed by atoms with Gasteiger partial charge in [0.2, 0.25) is 17.7 Å². The lowest BCUT2D eigenvalue weighted by Crippen LogP contribution is -2.39. The van der Waals surface area contributed by atoms with E-state index in [-0.39, 0.29) is 42.0 Å². The molecule has 0 unspecified atom stereocenters. The molecule has 0 aromatic heterocycles. The first-order chi connectivity index (χ1) is 11.5. The van der Waals surface area contributed by atoms with E-state index >= 15 is 0 Å². The number of aryl methyl sites for hydroxylation is 1. The molecule has 0 radical (unpaired) electrons. The topological polar surface area (TPSA) is 66.5 Å². The van der Waals surface area contributed by atoms with Gasteiger partial charge in [0.15, 0.2) is 0 Å². The van der Waals surface area contributed by atoms with E-state index in [1.165, 1.54) is 0 Å². The van der Waals surface area contributed by atoms with Gasteiger partial charge in [0.25, 0.3) is 0 Å². The molecule has 6 heteroatoms. The number of rotatable bonds is 3. The minimum absolute atomic E-state index is 0.153. The van der Waals surface area contributed by atoms with Gasteiger partial charge >= 0.3 is 0 Å². The van der Waals surface area contributed by atoms with Crippen LogP contribution < -0.4 is 5.32 Å². The highest BCUT2D eigenvalue weighted by Gasteiger charge is 2.59. The number of allylic oxidation sites excluding steroid dienone is 2. The van der Waals surface area contributed by atoms with Crippen molar-refractivity contribution in [3.8, 4) is 0 Å². The number of amides is 3. The molecule has 5 nitrogen and oxygen atoms in total. The monoisotopic (exact) mass is 344 g/mol. The maximum Gasteiger partial charge on any atom is 0.244 e. The predicted molar refractivity (Wildman–Crippen MR) is 89.3 cm³/mol. The molecule has 3 amide bonds.